The first-order valence-corrected chi connectivity index (χ1v) is 5.96. The van der Waals surface area contributed by atoms with Crippen molar-refractivity contribution in [2.24, 2.45) is 10.8 Å². The highest BCUT2D eigenvalue weighted by atomic mass is 16.1. The lowest BCUT2D eigenvalue weighted by Crippen LogP contribution is -2.22. The molecule has 104 valence electrons. The average molecular weight is 272 g/mol. The summed E-state index contributed by atoms with van der Waals surface area (Å²) < 4.78 is 0. The molecule has 1 aromatic carbocycles. The van der Waals surface area contributed by atoms with E-state index in [4.69, 9.17) is 16.4 Å². The topological polar surface area (TPSA) is 127 Å². The van der Waals surface area contributed by atoms with Crippen LogP contribution < -0.4 is 16.5 Å². The number of benzene rings is 1. The molecule has 0 bridgehead atoms. The van der Waals surface area contributed by atoms with Crippen LogP contribution in [-0.2, 0) is 4.79 Å². The minimum atomic E-state index is -0.424. The van der Waals surface area contributed by atoms with E-state index in [9.17, 15) is 4.79 Å². The van der Waals surface area contributed by atoms with Crippen molar-refractivity contribution in [3.63, 3.8) is 0 Å². The zero-order valence-electron chi connectivity index (χ0n) is 11.3. The summed E-state index contributed by atoms with van der Waals surface area (Å²) in [4.78, 5) is 11.4. The van der Waals surface area contributed by atoms with Gasteiger partial charge in [0, 0.05) is 6.42 Å². The summed E-state index contributed by atoms with van der Waals surface area (Å²) in [6, 6.07) is 7.06. The van der Waals surface area contributed by atoms with Crippen molar-refractivity contribution in [2.75, 3.05) is 10.7 Å². The van der Waals surface area contributed by atoms with Gasteiger partial charge in [-0.05, 0) is 24.6 Å². The van der Waals surface area contributed by atoms with Crippen molar-refractivity contribution in [1.82, 2.24) is 0 Å². The monoisotopic (exact) mass is 272 g/mol. The van der Waals surface area contributed by atoms with Crippen LogP contribution in [0, 0.1) is 23.7 Å². The highest BCUT2D eigenvalue weighted by molar-refractivity contribution is 6.45. The van der Waals surface area contributed by atoms with Crippen molar-refractivity contribution in [3.05, 3.63) is 23.8 Å². The highest BCUT2D eigenvalue weighted by Crippen LogP contribution is 2.23. The van der Waals surface area contributed by atoms with E-state index in [1.807, 2.05) is 13.0 Å². The predicted octanol–water partition coefficient (Wildman–Crippen LogP) is 1.57. The van der Waals surface area contributed by atoms with Gasteiger partial charge in [-0.25, -0.2) is 0 Å². The first-order chi connectivity index (χ1) is 9.47. The number of hydrogen-bond acceptors (Lipinski definition) is 5. The smallest absolute Gasteiger partial charge is 0.224 e. The molecule has 7 heteroatoms. The molecule has 0 saturated carbocycles. The van der Waals surface area contributed by atoms with Crippen molar-refractivity contribution < 1.29 is 4.79 Å². The van der Waals surface area contributed by atoms with E-state index in [0.29, 0.717) is 17.8 Å². The largest absolute Gasteiger partial charge is 0.382 e. The van der Waals surface area contributed by atoms with Gasteiger partial charge >= 0.3 is 0 Å². The van der Waals surface area contributed by atoms with Crippen molar-refractivity contribution >= 4 is 28.8 Å². The zero-order valence-corrected chi connectivity index (χ0v) is 11.3. The van der Waals surface area contributed by atoms with Gasteiger partial charge in [-0.2, -0.15) is 10.4 Å². The number of nitriles is 1. The molecule has 0 atom stereocenters. The van der Waals surface area contributed by atoms with Crippen molar-refractivity contribution in [2.45, 2.75) is 20.3 Å². The molecule has 0 aliphatic rings. The number of aryl methyl sites for hydroxylation is 1. The van der Waals surface area contributed by atoms with E-state index >= 15 is 0 Å². The first kappa shape index (κ1) is 15.2. The second-order valence-electron chi connectivity index (χ2n) is 4.05. The minimum Gasteiger partial charge on any atom is -0.382 e. The van der Waals surface area contributed by atoms with Crippen LogP contribution in [0.5, 0.6) is 0 Å². The Labute approximate surface area is 117 Å². The molecule has 0 aliphatic heterocycles. The van der Waals surface area contributed by atoms with E-state index in [0.717, 1.165) is 5.56 Å². The summed E-state index contributed by atoms with van der Waals surface area (Å²) in [5, 5.41) is 22.4. The third kappa shape index (κ3) is 4.10. The van der Waals surface area contributed by atoms with E-state index < -0.39 is 5.84 Å². The van der Waals surface area contributed by atoms with Crippen LogP contribution in [0.2, 0.25) is 0 Å². The number of hydrazone groups is 1. The maximum Gasteiger partial charge on any atom is 0.224 e. The van der Waals surface area contributed by atoms with Gasteiger partial charge in [-0.15, -0.1) is 0 Å². The normalized spacial score (nSPS) is 10.6. The average Bonchev–Trinajstić information content (AvgIpc) is 2.41. The molecule has 20 heavy (non-hydrogen) atoms. The lowest BCUT2D eigenvalue weighted by molar-refractivity contribution is -0.115. The molecular weight excluding hydrogens is 256 g/mol. The summed E-state index contributed by atoms with van der Waals surface area (Å²) in [5.74, 6) is -0.556. The van der Waals surface area contributed by atoms with Gasteiger partial charge in [0.25, 0.3) is 0 Å². The van der Waals surface area contributed by atoms with Gasteiger partial charge in [-0.3, -0.25) is 15.6 Å². The Morgan fingerprint density at radius 2 is 2.20 bits per heavy atom. The molecule has 0 heterocycles. The third-order valence-corrected chi connectivity index (χ3v) is 2.42. The van der Waals surface area contributed by atoms with Crippen LogP contribution >= 0.6 is 0 Å². The molecule has 0 aliphatic carbocycles. The summed E-state index contributed by atoms with van der Waals surface area (Å²) in [6.07, 6.45) is 0.355. The standard InChI is InChI=1S/C13H16N6O/c1-3-12(20)17-9-5-4-8(2)6-10(9)18-19-11(7-14)13(15)16/h4-6,18H,3H2,1-2H3,(H3,15,16)(H,17,20)/b19-11+. The molecule has 0 aromatic heterocycles. The lowest BCUT2D eigenvalue weighted by atomic mass is 10.2. The molecular formula is C13H16N6O. The predicted molar refractivity (Wildman–Crippen MR) is 78.7 cm³/mol. The first-order valence-electron chi connectivity index (χ1n) is 5.96. The fourth-order valence-corrected chi connectivity index (χ4v) is 1.36. The number of nitrogens with one attached hydrogen (secondary N) is 3. The number of amidine groups is 1. The van der Waals surface area contributed by atoms with Gasteiger partial charge in [0.05, 0.1) is 11.4 Å². The number of rotatable bonds is 5. The molecule has 1 aromatic rings. The number of anilines is 2. The maximum absolute atomic E-state index is 11.4. The summed E-state index contributed by atoms with van der Waals surface area (Å²) in [7, 11) is 0. The van der Waals surface area contributed by atoms with Crippen molar-refractivity contribution in [3.8, 4) is 6.07 Å². The summed E-state index contributed by atoms with van der Waals surface area (Å²) in [6.45, 7) is 3.63. The van der Waals surface area contributed by atoms with Gasteiger partial charge in [-0.1, -0.05) is 13.0 Å². The third-order valence-electron chi connectivity index (χ3n) is 2.42. The van der Waals surface area contributed by atoms with Crippen LogP contribution in [0.3, 0.4) is 0 Å². The van der Waals surface area contributed by atoms with Gasteiger partial charge in [0.2, 0.25) is 11.6 Å². The van der Waals surface area contributed by atoms with Crippen LogP contribution in [0.15, 0.2) is 23.3 Å². The Morgan fingerprint density at radius 1 is 1.50 bits per heavy atom. The number of amides is 1. The molecule has 0 radical (unpaired) electrons. The number of nitrogens with two attached hydrogens (primary N) is 1. The number of carbonyl (C=O) groups is 1. The molecule has 0 fully saturated rings. The molecule has 7 nitrogen and oxygen atoms in total. The van der Waals surface area contributed by atoms with Gasteiger partial charge in [0.15, 0.2) is 5.84 Å². The fourth-order valence-electron chi connectivity index (χ4n) is 1.36. The summed E-state index contributed by atoms with van der Waals surface area (Å²) >= 11 is 0. The Morgan fingerprint density at radius 3 is 2.75 bits per heavy atom. The maximum atomic E-state index is 11.4. The molecule has 0 saturated heterocycles. The van der Waals surface area contributed by atoms with E-state index in [2.05, 4.69) is 15.8 Å². The van der Waals surface area contributed by atoms with Gasteiger partial charge < -0.3 is 11.1 Å². The Hall–Kier alpha value is -2.88. The van der Waals surface area contributed by atoms with E-state index in [1.54, 1.807) is 25.1 Å². The van der Waals surface area contributed by atoms with E-state index in [1.165, 1.54) is 0 Å². The van der Waals surface area contributed by atoms with Crippen molar-refractivity contribution in [1.29, 1.82) is 10.7 Å². The molecule has 1 amide bonds. The van der Waals surface area contributed by atoms with Gasteiger partial charge in [0.1, 0.15) is 6.07 Å². The highest BCUT2D eigenvalue weighted by Gasteiger charge is 2.07. The molecule has 1 rings (SSSR count). The SMILES string of the molecule is CCC(=O)Nc1ccc(C)cc1N/N=C(\C#N)C(=N)N. The minimum absolute atomic E-state index is 0.132. The lowest BCUT2D eigenvalue weighted by Gasteiger charge is -2.11. The van der Waals surface area contributed by atoms with Crippen LogP contribution in [-0.4, -0.2) is 17.5 Å². The Bertz CT molecular complexity index is 599. The van der Waals surface area contributed by atoms with Crippen LogP contribution in [0.25, 0.3) is 0 Å². The molecule has 5 N–H and O–H groups in total. The molecule has 0 spiro atoms. The van der Waals surface area contributed by atoms with E-state index in [-0.39, 0.29) is 11.6 Å². The second kappa shape index (κ2) is 6.89. The Balaban J connectivity index is 3.04. The quantitative estimate of drug-likeness (QED) is 0.368. The van der Waals surface area contributed by atoms with Crippen LogP contribution in [0.1, 0.15) is 18.9 Å². The number of nitrogens with zero attached hydrogens (tertiary/aromatic N) is 2. The zero-order chi connectivity index (χ0) is 15.1. The fraction of sp³-hybridized carbons (Fsp3) is 0.231. The molecule has 0 unspecified atom stereocenters. The van der Waals surface area contributed by atoms with Crippen LogP contribution in [0.4, 0.5) is 11.4 Å². The Kier molecular flexibility index (Phi) is 5.23. The summed E-state index contributed by atoms with van der Waals surface area (Å²) in [5.41, 5.74) is 9.66. The number of hydrogen-bond donors (Lipinski definition) is 4. The second-order valence-corrected chi connectivity index (χ2v) is 4.05. The number of carbonyl (C=O) groups excluding carboxylic acids is 1.